The molecule has 3 rings (SSSR count). The second-order valence-electron chi connectivity index (χ2n) is 8.61. The van der Waals surface area contributed by atoms with Crippen molar-refractivity contribution >= 4 is 5.91 Å². The van der Waals surface area contributed by atoms with Crippen LogP contribution < -0.4 is 10.1 Å². The Labute approximate surface area is 159 Å². The van der Waals surface area contributed by atoms with Crippen molar-refractivity contribution in [2.24, 2.45) is 0 Å². The maximum absolute atomic E-state index is 13.1. The van der Waals surface area contributed by atoms with Gasteiger partial charge in [-0.3, -0.25) is 4.79 Å². The number of hydrogen-bond acceptors (Lipinski definition) is 3. The molecule has 1 amide bonds. The summed E-state index contributed by atoms with van der Waals surface area (Å²) in [6, 6.07) is 10.6. The molecular weight excluding hydrogens is 345 g/mol. The maximum Gasteiger partial charge on any atom is 0.251 e. The molecular formula is C22H26FNO3. The van der Waals surface area contributed by atoms with E-state index >= 15 is 0 Å². The summed E-state index contributed by atoms with van der Waals surface area (Å²) in [5, 5.41) is 13.8. The van der Waals surface area contributed by atoms with E-state index in [2.05, 4.69) is 26.1 Å². The Morgan fingerprint density at radius 3 is 2.37 bits per heavy atom. The van der Waals surface area contributed by atoms with Gasteiger partial charge in [0.05, 0.1) is 6.04 Å². The number of hydrogen-bond donors (Lipinski definition) is 2. The Bertz CT molecular complexity index is 853. The van der Waals surface area contributed by atoms with Gasteiger partial charge in [-0.25, -0.2) is 4.39 Å². The number of aliphatic hydroxyl groups is 1. The summed E-state index contributed by atoms with van der Waals surface area (Å²) >= 11 is 0. The van der Waals surface area contributed by atoms with Crippen molar-refractivity contribution in [2.45, 2.75) is 57.8 Å². The molecule has 0 fully saturated rings. The van der Waals surface area contributed by atoms with E-state index in [0.29, 0.717) is 11.3 Å². The fourth-order valence-electron chi connectivity index (χ4n) is 3.25. The van der Waals surface area contributed by atoms with Crippen molar-refractivity contribution < 1.29 is 19.0 Å². The third-order valence-electron chi connectivity index (χ3n) is 5.00. The Balaban J connectivity index is 2.00. The van der Waals surface area contributed by atoms with Gasteiger partial charge >= 0.3 is 0 Å². The molecule has 1 heterocycles. The third kappa shape index (κ3) is 3.83. The van der Waals surface area contributed by atoms with Crippen molar-refractivity contribution in [3.63, 3.8) is 0 Å². The number of carbonyl (C=O) groups is 1. The number of nitrogens with one attached hydrogen (secondary N) is 1. The predicted octanol–water partition coefficient (Wildman–Crippen LogP) is 4.13. The fraction of sp³-hybridized carbons (Fsp3) is 0.409. The molecule has 0 aliphatic carbocycles. The highest BCUT2D eigenvalue weighted by atomic mass is 19.1. The number of carbonyl (C=O) groups excluding carboxylic acids is 1. The number of ether oxygens (including phenoxy) is 1. The molecule has 27 heavy (non-hydrogen) atoms. The molecule has 0 bridgehead atoms. The Morgan fingerprint density at radius 1 is 1.15 bits per heavy atom. The molecule has 0 aromatic heterocycles. The minimum atomic E-state index is -0.940. The molecule has 0 saturated heterocycles. The van der Waals surface area contributed by atoms with Crippen molar-refractivity contribution in [2.75, 3.05) is 0 Å². The number of rotatable bonds is 2. The molecule has 2 aromatic rings. The van der Waals surface area contributed by atoms with Gasteiger partial charge in [0.1, 0.15) is 23.3 Å². The van der Waals surface area contributed by atoms with Crippen LogP contribution >= 0.6 is 0 Å². The minimum absolute atomic E-state index is 0.0849. The molecule has 1 aliphatic rings. The summed E-state index contributed by atoms with van der Waals surface area (Å²) in [7, 11) is 0. The molecule has 4 nitrogen and oxygen atoms in total. The van der Waals surface area contributed by atoms with Gasteiger partial charge in [-0.05, 0) is 61.2 Å². The van der Waals surface area contributed by atoms with Crippen molar-refractivity contribution in [3.8, 4) is 5.75 Å². The van der Waals surface area contributed by atoms with Gasteiger partial charge in [0.2, 0.25) is 0 Å². The Kier molecular flexibility index (Phi) is 4.76. The smallest absolute Gasteiger partial charge is 0.251 e. The zero-order valence-corrected chi connectivity index (χ0v) is 16.3. The van der Waals surface area contributed by atoms with Gasteiger partial charge < -0.3 is 15.2 Å². The lowest BCUT2D eigenvalue weighted by Gasteiger charge is -2.42. The van der Waals surface area contributed by atoms with Crippen LogP contribution in [0.4, 0.5) is 4.39 Å². The van der Waals surface area contributed by atoms with Crippen molar-refractivity contribution in [1.29, 1.82) is 0 Å². The van der Waals surface area contributed by atoms with E-state index in [0.717, 1.165) is 11.1 Å². The molecule has 144 valence electrons. The van der Waals surface area contributed by atoms with Crippen LogP contribution in [-0.2, 0) is 5.41 Å². The first kappa shape index (κ1) is 19.4. The Morgan fingerprint density at radius 2 is 1.78 bits per heavy atom. The minimum Gasteiger partial charge on any atom is -0.485 e. The lowest BCUT2D eigenvalue weighted by Crippen LogP contribution is -2.53. The van der Waals surface area contributed by atoms with Gasteiger partial charge in [-0.1, -0.05) is 26.8 Å². The standard InChI is InChI=1S/C22H26FNO3/c1-21(2,3)14-8-11-17-16(12-14)18(19(25)22(4,5)27-17)24-20(26)13-6-9-15(23)10-7-13/h6-12,18-19,25H,1-5H3,(H,24,26). The van der Waals surface area contributed by atoms with Crippen LogP contribution in [0.3, 0.4) is 0 Å². The summed E-state index contributed by atoms with van der Waals surface area (Å²) in [5.74, 6) is -0.134. The van der Waals surface area contributed by atoms with E-state index in [-0.39, 0.29) is 11.3 Å². The zero-order valence-electron chi connectivity index (χ0n) is 16.3. The quantitative estimate of drug-likeness (QED) is 0.835. The van der Waals surface area contributed by atoms with Gasteiger partial charge in [-0.2, -0.15) is 0 Å². The topological polar surface area (TPSA) is 58.6 Å². The fourth-order valence-corrected chi connectivity index (χ4v) is 3.25. The van der Waals surface area contributed by atoms with Gasteiger partial charge in [0.15, 0.2) is 0 Å². The van der Waals surface area contributed by atoms with E-state index in [1.165, 1.54) is 24.3 Å². The van der Waals surface area contributed by atoms with Gasteiger partial charge in [0.25, 0.3) is 5.91 Å². The van der Waals surface area contributed by atoms with Crippen LogP contribution in [0.2, 0.25) is 0 Å². The van der Waals surface area contributed by atoms with Crippen LogP contribution in [0, 0.1) is 5.82 Å². The molecule has 1 aliphatic heterocycles. The van der Waals surface area contributed by atoms with E-state index < -0.39 is 23.6 Å². The summed E-state index contributed by atoms with van der Waals surface area (Å²) in [4.78, 5) is 12.7. The van der Waals surface area contributed by atoms with Crippen LogP contribution in [0.5, 0.6) is 5.75 Å². The van der Waals surface area contributed by atoms with Gasteiger partial charge in [0, 0.05) is 11.1 Å². The second kappa shape index (κ2) is 6.64. The average Bonchev–Trinajstić information content (AvgIpc) is 2.58. The summed E-state index contributed by atoms with van der Waals surface area (Å²) in [6.07, 6.45) is -0.940. The van der Waals surface area contributed by atoms with Crippen molar-refractivity contribution in [1.82, 2.24) is 5.32 Å². The SMILES string of the molecule is CC(C)(C)c1ccc2c(c1)C(NC(=O)c1ccc(F)cc1)C(O)C(C)(C)O2. The Hall–Kier alpha value is -2.40. The van der Waals surface area contributed by atoms with Crippen LogP contribution in [-0.4, -0.2) is 22.7 Å². The molecule has 0 radical (unpaired) electrons. The first-order chi connectivity index (χ1) is 12.5. The van der Waals surface area contributed by atoms with Crippen LogP contribution in [0.15, 0.2) is 42.5 Å². The molecule has 2 aromatic carbocycles. The summed E-state index contributed by atoms with van der Waals surface area (Å²) < 4.78 is 19.1. The monoisotopic (exact) mass is 371 g/mol. The molecule has 5 heteroatoms. The molecule has 2 atom stereocenters. The second-order valence-corrected chi connectivity index (χ2v) is 8.61. The number of amides is 1. The zero-order chi connectivity index (χ0) is 20.0. The van der Waals surface area contributed by atoms with Crippen LogP contribution in [0.1, 0.15) is 62.1 Å². The van der Waals surface area contributed by atoms with Crippen LogP contribution in [0.25, 0.3) is 0 Å². The third-order valence-corrected chi connectivity index (χ3v) is 5.00. The van der Waals surface area contributed by atoms with E-state index in [4.69, 9.17) is 4.74 Å². The normalized spacial score (nSPS) is 21.1. The predicted molar refractivity (Wildman–Crippen MR) is 102 cm³/mol. The molecule has 0 spiro atoms. The first-order valence-corrected chi connectivity index (χ1v) is 9.07. The number of halogens is 1. The molecule has 2 N–H and O–H groups in total. The lowest BCUT2D eigenvalue weighted by molar-refractivity contribution is -0.0628. The number of aliphatic hydroxyl groups excluding tert-OH is 1. The highest BCUT2D eigenvalue weighted by Crippen LogP contribution is 2.41. The maximum atomic E-state index is 13.1. The average molecular weight is 371 g/mol. The number of benzene rings is 2. The molecule has 2 unspecified atom stereocenters. The lowest BCUT2D eigenvalue weighted by atomic mass is 9.81. The van der Waals surface area contributed by atoms with E-state index in [1.54, 1.807) is 13.8 Å². The largest absolute Gasteiger partial charge is 0.485 e. The molecule has 0 saturated carbocycles. The highest BCUT2D eigenvalue weighted by Gasteiger charge is 2.44. The number of fused-ring (bicyclic) bond motifs is 1. The van der Waals surface area contributed by atoms with Crippen molar-refractivity contribution in [3.05, 3.63) is 65.0 Å². The van der Waals surface area contributed by atoms with E-state index in [1.807, 2.05) is 18.2 Å². The first-order valence-electron chi connectivity index (χ1n) is 9.07. The highest BCUT2D eigenvalue weighted by molar-refractivity contribution is 5.94. The van der Waals surface area contributed by atoms with E-state index in [9.17, 15) is 14.3 Å². The summed E-state index contributed by atoms with van der Waals surface area (Å²) in [6.45, 7) is 9.88. The summed E-state index contributed by atoms with van der Waals surface area (Å²) in [5.41, 5.74) is 1.21. The van der Waals surface area contributed by atoms with Gasteiger partial charge in [-0.15, -0.1) is 0 Å².